The van der Waals surface area contributed by atoms with Crippen LogP contribution in [0.25, 0.3) is 0 Å². The Balaban J connectivity index is 1.52. The van der Waals surface area contributed by atoms with Crippen molar-refractivity contribution in [2.45, 2.75) is 45.3 Å². The van der Waals surface area contributed by atoms with Gasteiger partial charge in [0, 0.05) is 18.4 Å². The van der Waals surface area contributed by atoms with Crippen molar-refractivity contribution in [3.8, 4) is 0 Å². The Labute approximate surface area is 142 Å². The topological polar surface area (TPSA) is 63.1 Å². The van der Waals surface area contributed by atoms with Gasteiger partial charge in [-0.1, -0.05) is 12.5 Å². The van der Waals surface area contributed by atoms with Crippen LogP contribution in [0.15, 0.2) is 36.8 Å². The predicted octanol–water partition coefficient (Wildman–Crippen LogP) is 1.76. The molecular formula is C18H25N5O. The first-order valence-corrected chi connectivity index (χ1v) is 8.60. The highest BCUT2D eigenvalue weighted by molar-refractivity contribution is 5.78. The standard InChI is InChI=1S/C18H25N5O/c1-15-10-21-23(12-15)13-17-7-3-5-9-22(17)14-18(24)20-11-16-6-2-4-8-19-16/h2,4,6,8,10,12,17H,3,5,7,9,11,13-14H2,1H3,(H,20,24)/t17-/m0/s1. The van der Waals surface area contributed by atoms with Crippen molar-refractivity contribution in [2.75, 3.05) is 13.1 Å². The molecule has 0 unspecified atom stereocenters. The number of carbonyl (C=O) groups is 1. The summed E-state index contributed by atoms with van der Waals surface area (Å²) in [7, 11) is 0. The minimum Gasteiger partial charge on any atom is -0.349 e. The minimum atomic E-state index is 0.0594. The highest BCUT2D eigenvalue weighted by Gasteiger charge is 2.24. The van der Waals surface area contributed by atoms with Crippen molar-refractivity contribution < 1.29 is 4.79 Å². The number of hydrogen-bond donors (Lipinski definition) is 1. The molecule has 2 aromatic rings. The van der Waals surface area contributed by atoms with Gasteiger partial charge in [0.05, 0.1) is 31.5 Å². The number of piperidine rings is 1. The zero-order chi connectivity index (χ0) is 16.8. The first-order chi connectivity index (χ1) is 11.7. The molecule has 6 nitrogen and oxygen atoms in total. The largest absolute Gasteiger partial charge is 0.349 e. The van der Waals surface area contributed by atoms with Crippen molar-refractivity contribution in [2.24, 2.45) is 0 Å². The third kappa shape index (κ3) is 4.64. The highest BCUT2D eigenvalue weighted by Crippen LogP contribution is 2.18. The highest BCUT2D eigenvalue weighted by atomic mass is 16.2. The molecule has 1 aliphatic heterocycles. The number of nitrogens with one attached hydrogen (secondary N) is 1. The second kappa shape index (κ2) is 8.06. The summed E-state index contributed by atoms with van der Waals surface area (Å²) >= 11 is 0. The first-order valence-electron chi connectivity index (χ1n) is 8.60. The molecule has 0 radical (unpaired) electrons. The van der Waals surface area contributed by atoms with Gasteiger partial charge in [-0.15, -0.1) is 0 Å². The van der Waals surface area contributed by atoms with Gasteiger partial charge in [0.15, 0.2) is 0 Å². The Morgan fingerprint density at radius 1 is 1.38 bits per heavy atom. The van der Waals surface area contributed by atoms with Crippen molar-refractivity contribution >= 4 is 5.91 Å². The van der Waals surface area contributed by atoms with Gasteiger partial charge in [0.2, 0.25) is 5.91 Å². The lowest BCUT2D eigenvalue weighted by Gasteiger charge is -2.35. The normalized spacial score (nSPS) is 18.5. The third-order valence-corrected chi connectivity index (χ3v) is 4.45. The molecule has 0 aromatic carbocycles. The van der Waals surface area contributed by atoms with Crippen LogP contribution in [0.2, 0.25) is 0 Å². The summed E-state index contributed by atoms with van der Waals surface area (Å²) in [4.78, 5) is 18.8. The van der Waals surface area contributed by atoms with E-state index in [1.807, 2.05) is 36.0 Å². The van der Waals surface area contributed by atoms with Gasteiger partial charge in [0.1, 0.15) is 0 Å². The van der Waals surface area contributed by atoms with Gasteiger partial charge >= 0.3 is 0 Å². The van der Waals surface area contributed by atoms with Crippen LogP contribution < -0.4 is 5.32 Å². The van der Waals surface area contributed by atoms with E-state index in [0.29, 0.717) is 19.1 Å². The number of aryl methyl sites for hydroxylation is 1. The second-order valence-electron chi connectivity index (χ2n) is 6.46. The Kier molecular flexibility index (Phi) is 5.59. The smallest absolute Gasteiger partial charge is 0.234 e. The van der Waals surface area contributed by atoms with Crippen LogP contribution in [-0.4, -0.2) is 44.7 Å². The maximum atomic E-state index is 12.3. The molecule has 3 rings (SSSR count). The van der Waals surface area contributed by atoms with Crippen molar-refractivity contribution in [3.05, 3.63) is 48.0 Å². The van der Waals surface area contributed by atoms with E-state index in [9.17, 15) is 4.79 Å². The fraction of sp³-hybridized carbons (Fsp3) is 0.500. The van der Waals surface area contributed by atoms with Crippen molar-refractivity contribution in [3.63, 3.8) is 0 Å². The lowest BCUT2D eigenvalue weighted by Crippen LogP contribution is -2.47. The third-order valence-electron chi connectivity index (χ3n) is 4.45. The number of likely N-dealkylation sites (tertiary alicyclic amines) is 1. The molecule has 24 heavy (non-hydrogen) atoms. The summed E-state index contributed by atoms with van der Waals surface area (Å²) in [6.07, 6.45) is 9.18. The van der Waals surface area contributed by atoms with Gasteiger partial charge in [-0.25, -0.2) is 0 Å². The number of carbonyl (C=O) groups excluding carboxylic acids is 1. The van der Waals surface area contributed by atoms with E-state index in [0.717, 1.165) is 31.6 Å². The summed E-state index contributed by atoms with van der Waals surface area (Å²) in [5, 5.41) is 7.35. The lowest BCUT2D eigenvalue weighted by atomic mass is 10.0. The lowest BCUT2D eigenvalue weighted by molar-refractivity contribution is -0.123. The Hall–Kier alpha value is -2.21. The Morgan fingerprint density at radius 2 is 2.29 bits per heavy atom. The van der Waals surface area contributed by atoms with Crippen molar-refractivity contribution in [1.29, 1.82) is 0 Å². The van der Waals surface area contributed by atoms with E-state index in [1.165, 1.54) is 12.0 Å². The molecule has 6 heteroatoms. The number of nitrogens with zero attached hydrogens (tertiary/aromatic N) is 4. The average Bonchev–Trinajstić information content (AvgIpc) is 3.01. The fourth-order valence-electron chi connectivity index (χ4n) is 3.19. The van der Waals surface area contributed by atoms with E-state index in [2.05, 4.69) is 26.5 Å². The molecule has 1 aliphatic rings. The maximum absolute atomic E-state index is 12.3. The molecular weight excluding hydrogens is 302 g/mol. The van der Waals surface area contributed by atoms with E-state index < -0.39 is 0 Å². The van der Waals surface area contributed by atoms with Crippen LogP contribution in [0.3, 0.4) is 0 Å². The van der Waals surface area contributed by atoms with Gasteiger partial charge < -0.3 is 5.32 Å². The number of rotatable bonds is 6. The summed E-state index contributed by atoms with van der Waals surface area (Å²) in [5.74, 6) is 0.0594. The summed E-state index contributed by atoms with van der Waals surface area (Å²) in [5.41, 5.74) is 2.05. The molecule has 1 N–H and O–H groups in total. The molecule has 1 fully saturated rings. The van der Waals surface area contributed by atoms with Crippen molar-refractivity contribution in [1.82, 2.24) is 25.0 Å². The second-order valence-corrected chi connectivity index (χ2v) is 6.46. The maximum Gasteiger partial charge on any atom is 0.234 e. The summed E-state index contributed by atoms with van der Waals surface area (Å²) in [6, 6.07) is 6.10. The predicted molar refractivity (Wildman–Crippen MR) is 92.3 cm³/mol. The van der Waals surface area contributed by atoms with E-state index in [-0.39, 0.29) is 5.91 Å². The molecule has 0 spiro atoms. The van der Waals surface area contributed by atoms with Crippen LogP contribution in [0.5, 0.6) is 0 Å². The molecule has 1 saturated heterocycles. The van der Waals surface area contributed by atoms with Crippen LogP contribution in [0, 0.1) is 6.92 Å². The fourth-order valence-corrected chi connectivity index (χ4v) is 3.19. The Morgan fingerprint density at radius 3 is 3.04 bits per heavy atom. The number of hydrogen-bond acceptors (Lipinski definition) is 4. The van der Waals surface area contributed by atoms with E-state index >= 15 is 0 Å². The van der Waals surface area contributed by atoms with Gasteiger partial charge in [-0.3, -0.25) is 19.4 Å². The number of pyridine rings is 1. The molecule has 3 heterocycles. The zero-order valence-corrected chi connectivity index (χ0v) is 14.2. The average molecular weight is 327 g/mol. The molecule has 0 aliphatic carbocycles. The first kappa shape index (κ1) is 16.6. The Bertz CT molecular complexity index is 654. The number of amides is 1. The number of aromatic nitrogens is 3. The van der Waals surface area contributed by atoms with Crippen LogP contribution >= 0.6 is 0 Å². The molecule has 2 aromatic heterocycles. The molecule has 128 valence electrons. The minimum absolute atomic E-state index is 0.0594. The molecule has 1 amide bonds. The van der Waals surface area contributed by atoms with Gasteiger partial charge in [-0.2, -0.15) is 5.10 Å². The molecule has 1 atom stereocenters. The van der Waals surface area contributed by atoms with Gasteiger partial charge in [0.25, 0.3) is 0 Å². The van der Waals surface area contributed by atoms with Crippen LogP contribution in [-0.2, 0) is 17.9 Å². The molecule has 0 bridgehead atoms. The summed E-state index contributed by atoms with van der Waals surface area (Å²) < 4.78 is 1.99. The monoisotopic (exact) mass is 327 g/mol. The van der Waals surface area contributed by atoms with E-state index in [1.54, 1.807) is 6.20 Å². The van der Waals surface area contributed by atoms with Crippen LogP contribution in [0.4, 0.5) is 0 Å². The zero-order valence-electron chi connectivity index (χ0n) is 14.2. The SMILES string of the molecule is Cc1cnn(C[C@@H]2CCCCN2CC(=O)NCc2ccccn2)c1. The van der Waals surface area contributed by atoms with Crippen LogP contribution in [0.1, 0.15) is 30.5 Å². The summed E-state index contributed by atoms with van der Waals surface area (Å²) in [6.45, 7) is 4.80. The molecule has 0 saturated carbocycles. The van der Waals surface area contributed by atoms with E-state index in [4.69, 9.17) is 0 Å². The quantitative estimate of drug-likeness (QED) is 0.878. The van der Waals surface area contributed by atoms with Gasteiger partial charge in [-0.05, 0) is 44.0 Å².